The summed E-state index contributed by atoms with van der Waals surface area (Å²) < 4.78 is 5.52. The van der Waals surface area contributed by atoms with Crippen molar-refractivity contribution >= 4 is 5.97 Å². The van der Waals surface area contributed by atoms with Crippen LogP contribution in [0.15, 0.2) is 18.5 Å². The van der Waals surface area contributed by atoms with E-state index in [9.17, 15) is 4.79 Å². The van der Waals surface area contributed by atoms with E-state index in [1.54, 1.807) is 12.3 Å². The van der Waals surface area contributed by atoms with E-state index in [0.717, 1.165) is 19.3 Å². The maximum Gasteiger partial charge on any atom is 0.341 e. The van der Waals surface area contributed by atoms with Crippen LogP contribution < -0.4 is 4.74 Å². The summed E-state index contributed by atoms with van der Waals surface area (Å²) in [5, 5.41) is 8.85. The standard InChI is InChI=1S/C10H11NO3/c12-10(13)8-6-11-5-4-9(8)14-7-2-1-3-7/h4-7H,1-3H2,(H,12,13). The van der Waals surface area contributed by atoms with Gasteiger partial charge in [0.2, 0.25) is 0 Å². The van der Waals surface area contributed by atoms with Crippen LogP contribution in [0.25, 0.3) is 0 Å². The Morgan fingerprint density at radius 3 is 2.93 bits per heavy atom. The number of nitrogens with zero attached hydrogens (tertiary/aromatic N) is 1. The minimum atomic E-state index is -0.993. The molecule has 1 aromatic rings. The number of carboxylic acids is 1. The van der Waals surface area contributed by atoms with E-state index >= 15 is 0 Å². The number of carboxylic acid groups (broad SMARTS) is 1. The van der Waals surface area contributed by atoms with Gasteiger partial charge in [-0.2, -0.15) is 0 Å². The largest absolute Gasteiger partial charge is 0.489 e. The predicted molar refractivity (Wildman–Crippen MR) is 49.5 cm³/mol. The molecule has 1 fully saturated rings. The maximum atomic E-state index is 10.8. The second kappa shape index (κ2) is 3.65. The third-order valence-electron chi connectivity index (χ3n) is 2.36. The Kier molecular flexibility index (Phi) is 2.35. The monoisotopic (exact) mass is 193 g/mol. The molecule has 2 rings (SSSR count). The normalized spacial score (nSPS) is 16.0. The van der Waals surface area contributed by atoms with Crippen LogP contribution in [0.2, 0.25) is 0 Å². The van der Waals surface area contributed by atoms with Gasteiger partial charge >= 0.3 is 5.97 Å². The Balaban J connectivity index is 2.17. The molecule has 1 aromatic heterocycles. The molecule has 0 amide bonds. The molecule has 1 N–H and O–H groups in total. The fourth-order valence-electron chi connectivity index (χ4n) is 1.31. The van der Waals surface area contributed by atoms with Gasteiger partial charge in [0.05, 0.1) is 6.10 Å². The van der Waals surface area contributed by atoms with Gasteiger partial charge in [0.25, 0.3) is 0 Å². The van der Waals surface area contributed by atoms with Gasteiger partial charge in [-0.1, -0.05) is 0 Å². The van der Waals surface area contributed by atoms with Gasteiger partial charge in [-0.3, -0.25) is 4.98 Å². The molecule has 4 nitrogen and oxygen atoms in total. The fraction of sp³-hybridized carbons (Fsp3) is 0.400. The summed E-state index contributed by atoms with van der Waals surface area (Å²) in [4.78, 5) is 14.5. The Labute approximate surface area is 81.5 Å². The maximum absolute atomic E-state index is 10.8. The van der Waals surface area contributed by atoms with Crippen molar-refractivity contribution in [3.8, 4) is 5.75 Å². The van der Waals surface area contributed by atoms with Gasteiger partial charge in [0.1, 0.15) is 11.3 Å². The lowest BCUT2D eigenvalue weighted by Crippen LogP contribution is -2.25. The number of hydrogen-bond donors (Lipinski definition) is 1. The van der Waals surface area contributed by atoms with Crippen LogP contribution in [0.5, 0.6) is 5.75 Å². The van der Waals surface area contributed by atoms with Crippen molar-refractivity contribution in [3.05, 3.63) is 24.0 Å². The number of aromatic nitrogens is 1. The van der Waals surface area contributed by atoms with Gasteiger partial charge in [-0.15, -0.1) is 0 Å². The van der Waals surface area contributed by atoms with Gasteiger partial charge < -0.3 is 9.84 Å². The molecular weight excluding hydrogens is 182 g/mol. The first-order chi connectivity index (χ1) is 6.77. The Morgan fingerprint density at radius 2 is 2.36 bits per heavy atom. The number of carbonyl (C=O) groups is 1. The van der Waals surface area contributed by atoms with Crippen LogP contribution in [0, 0.1) is 0 Å². The molecule has 0 bridgehead atoms. The lowest BCUT2D eigenvalue weighted by Gasteiger charge is -2.26. The van der Waals surface area contributed by atoms with E-state index in [2.05, 4.69) is 4.98 Å². The Bertz CT molecular complexity index is 347. The smallest absolute Gasteiger partial charge is 0.341 e. The number of ether oxygens (including phenoxy) is 1. The molecule has 0 atom stereocenters. The van der Waals surface area contributed by atoms with Gasteiger partial charge in [-0.25, -0.2) is 4.79 Å². The molecule has 0 radical (unpaired) electrons. The lowest BCUT2D eigenvalue weighted by molar-refractivity contribution is 0.0679. The molecule has 0 unspecified atom stereocenters. The topological polar surface area (TPSA) is 59.4 Å². The third kappa shape index (κ3) is 1.69. The van der Waals surface area contributed by atoms with Crippen molar-refractivity contribution in [1.29, 1.82) is 0 Å². The Morgan fingerprint density at radius 1 is 1.57 bits per heavy atom. The van der Waals surface area contributed by atoms with Crippen LogP contribution in [-0.2, 0) is 0 Å². The van der Waals surface area contributed by atoms with Crippen molar-refractivity contribution in [3.63, 3.8) is 0 Å². The highest BCUT2D eigenvalue weighted by atomic mass is 16.5. The van der Waals surface area contributed by atoms with Crippen LogP contribution >= 0.6 is 0 Å². The number of hydrogen-bond acceptors (Lipinski definition) is 3. The second-order valence-corrected chi connectivity index (χ2v) is 3.35. The summed E-state index contributed by atoms with van der Waals surface area (Å²) >= 11 is 0. The van der Waals surface area contributed by atoms with E-state index in [0.29, 0.717) is 5.75 Å². The highest BCUT2D eigenvalue weighted by molar-refractivity contribution is 5.90. The number of pyridine rings is 1. The number of rotatable bonds is 3. The molecule has 1 aliphatic carbocycles. The summed E-state index contributed by atoms with van der Waals surface area (Å²) in [6.07, 6.45) is 6.24. The third-order valence-corrected chi connectivity index (χ3v) is 2.36. The highest BCUT2D eigenvalue weighted by Crippen LogP contribution is 2.26. The SMILES string of the molecule is O=C(O)c1cnccc1OC1CCC1. The summed E-state index contributed by atoms with van der Waals surface area (Å²) in [7, 11) is 0. The summed E-state index contributed by atoms with van der Waals surface area (Å²) in [6, 6.07) is 1.60. The van der Waals surface area contributed by atoms with Crippen LogP contribution in [0.1, 0.15) is 29.6 Å². The average Bonchev–Trinajstić information content (AvgIpc) is 2.12. The lowest BCUT2D eigenvalue weighted by atomic mass is 9.96. The molecule has 1 aliphatic rings. The summed E-state index contributed by atoms with van der Waals surface area (Å²) in [5.74, 6) is -0.565. The van der Waals surface area contributed by atoms with Gasteiger partial charge in [-0.05, 0) is 25.3 Å². The molecule has 4 heteroatoms. The summed E-state index contributed by atoms with van der Waals surface area (Å²) in [5.41, 5.74) is 0.138. The molecule has 0 aliphatic heterocycles. The fourth-order valence-corrected chi connectivity index (χ4v) is 1.31. The molecule has 14 heavy (non-hydrogen) atoms. The van der Waals surface area contributed by atoms with Crippen LogP contribution in [-0.4, -0.2) is 22.2 Å². The van der Waals surface area contributed by atoms with Crippen molar-refractivity contribution < 1.29 is 14.6 Å². The zero-order valence-corrected chi connectivity index (χ0v) is 7.64. The highest BCUT2D eigenvalue weighted by Gasteiger charge is 2.21. The average molecular weight is 193 g/mol. The van der Waals surface area contributed by atoms with Crippen LogP contribution in [0.4, 0.5) is 0 Å². The van der Waals surface area contributed by atoms with Crippen molar-refractivity contribution in [2.24, 2.45) is 0 Å². The van der Waals surface area contributed by atoms with Gasteiger partial charge in [0, 0.05) is 12.4 Å². The van der Waals surface area contributed by atoms with Gasteiger partial charge in [0.15, 0.2) is 0 Å². The minimum absolute atomic E-state index is 0.138. The molecule has 74 valence electrons. The number of aromatic carboxylic acids is 1. The first kappa shape index (κ1) is 8.99. The molecule has 1 saturated carbocycles. The van der Waals surface area contributed by atoms with Crippen molar-refractivity contribution in [2.45, 2.75) is 25.4 Å². The first-order valence-corrected chi connectivity index (χ1v) is 4.61. The minimum Gasteiger partial charge on any atom is -0.489 e. The zero-order valence-electron chi connectivity index (χ0n) is 7.64. The van der Waals surface area contributed by atoms with E-state index < -0.39 is 5.97 Å². The second-order valence-electron chi connectivity index (χ2n) is 3.35. The molecule has 0 spiro atoms. The van der Waals surface area contributed by atoms with Crippen molar-refractivity contribution in [1.82, 2.24) is 4.98 Å². The van der Waals surface area contributed by atoms with E-state index in [1.807, 2.05) is 0 Å². The molecule has 0 aromatic carbocycles. The van der Waals surface area contributed by atoms with E-state index in [1.165, 1.54) is 6.20 Å². The predicted octanol–water partition coefficient (Wildman–Crippen LogP) is 1.71. The summed E-state index contributed by atoms with van der Waals surface area (Å²) in [6.45, 7) is 0. The van der Waals surface area contributed by atoms with E-state index in [-0.39, 0.29) is 11.7 Å². The zero-order chi connectivity index (χ0) is 9.97. The van der Waals surface area contributed by atoms with Crippen molar-refractivity contribution in [2.75, 3.05) is 0 Å². The van der Waals surface area contributed by atoms with E-state index in [4.69, 9.17) is 9.84 Å². The molecule has 1 heterocycles. The first-order valence-electron chi connectivity index (χ1n) is 4.61. The quantitative estimate of drug-likeness (QED) is 0.793. The Hall–Kier alpha value is -1.58. The van der Waals surface area contributed by atoms with Crippen LogP contribution in [0.3, 0.4) is 0 Å². The molecular formula is C10H11NO3. The molecule has 0 saturated heterocycles.